The van der Waals surface area contributed by atoms with E-state index in [1.165, 1.54) is 6.07 Å². The third-order valence-corrected chi connectivity index (χ3v) is 5.06. The Balaban J connectivity index is 1.84. The number of aliphatic hydroxyl groups is 1. The van der Waals surface area contributed by atoms with Crippen LogP contribution in [0.25, 0.3) is 0 Å². The van der Waals surface area contributed by atoms with Crippen molar-refractivity contribution in [3.63, 3.8) is 0 Å². The molecule has 3 rings (SSSR count). The summed E-state index contributed by atoms with van der Waals surface area (Å²) in [7, 11) is 0. The molecule has 0 bridgehead atoms. The summed E-state index contributed by atoms with van der Waals surface area (Å²) in [5, 5.41) is 9.78. The summed E-state index contributed by atoms with van der Waals surface area (Å²) in [5.74, 6) is -0.335. The van der Waals surface area contributed by atoms with Crippen LogP contribution in [0.2, 0.25) is 0 Å². The monoisotopic (exact) mass is 336 g/mol. The Hall–Kier alpha value is -1.50. The molecule has 2 heterocycles. The zero-order valence-electron chi connectivity index (χ0n) is 14.0. The molecule has 2 aliphatic heterocycles. The number of hydrogen-bond acceptors (Lipinski definition) is 4. The molecule has 5 nitrogen and oxygen atoms in total. The van der Waals surface area contributed by atoms with E-state index in [0.717, 1.165) is 6.42 Å². The Morgan fingerprint density at radius 2 is 2.00 bits per heavy atom. The number of ether oxygens (including phenoxy) is 1. The smallest absolute Gasteiger partial charge is 0.244 e. The number of benzene rings is 1. The third-order valence-electron chi connectivity index (χ3n) is 5.06. The van der Waals surface area contributed by atoms with E-state index in [2.05, 4.69) is 0 Å². The van der Waals surface area contributed by atoms with Crippen molar-refractivity contribution >= 4 is 5.91 Å². The van der Waals surface area contributed by atoms with Crippen LogP contribution in [0.3, 0.4) is 0 Å². The van der Waals surface area contributed by atoms with Crippen LogP contribution >= 0.6 is 0 Å². The van der Waals surface area contributed by atoms with Crippen molar-refractivity contribution in [2.24, 2.45) is 5.92 Å². The second-order valence-electron chi connectivity index (χ2n) is 6.65. The Labute approximate surface area is 142 Å². The van der Waals surface area contributed by atoms with Gasteiger partial charge in [0.05, 0.1) is 19.3 Å². The SMILES string of the molecule is CC(O)C1CCN(C(=O)C(c2ccccc2F)N2CCOCC2)C1. The highest BCUT2D eigenvalue weighted by Crippen LogP contribution is 2.29. The standard InChI is InChI=1S/C18H25FN2O3/c1-13(22)14-6-7-21(12-14)18(23)17(20-8-10-24-11-9-20)15-4-2-3-5-16(15)19/h2-5,13-14,17,22H,6-12H2,1H3. The number of aliphatic hydroxyl groups excluding tert-OH is 1. The third kappa shape index (κ3) is 3.61. The molecule has 0 saturated carbocycles. The zero-order valence-corrected chi connectivity index (χ0v) is 14.0. The van der Waals surface area contributed by atoms with Crippen LogP contribution in [0, 0.1) is 11.7 Å². The average molecular weight is 336 g/mol. The molecule has 1 aromatic rings. The minimum Gasteiger partial charge on any atom is -0.393 e. The molecular weight excluding hydrogens is 311 g/mol. The van der Waals surface area contributed by atoms with E-state index in [1.54, 1.807) is 30.0 Å². The average Bonchev–Trinajstić information content (AvgIpc) is 3.08. The van der Waals surface area contributed by atoms with Gasteiger partial charge in [0, 0.05) is 37.7 Å². The van der Waals surface area contributed by atoms with E-state index >= 15 is 0 Å². The fourth-order valence-corrected chi connectivity index (χ4v) is 3.57. The lowest BCUT2D eigenvalue weighted by Gasteiger charge is -2.36. The summed E-state index contributed by atoms with van der Waals surface area (Å²) in [6.45, 7) is 5.23. The maximum Gasteiger partial charge on any atom is 0.244 e. The molecule has 2 fully saturated rings. The normalized spacial score (nSPS) is 24.8. The first-order valence-corrected chi connectivity index (χ1v) is 8.61. The van der Waals surface area contributed by atoms with Gasteiger partial charge in [-0.15, -0.1) is 0 Å². The number of amides is 1. The van der Waals surface area contributed by atoms with Gasteiger partial charge in [-0.05, 0) is 19.4 Å². The van der Waals surface area contributed by atoms with Crippen LogP contribution < -0.4 is 0 Å². The molecule has 24 heavy (non-hydrogen) atoms. The van der Waals surface area contributed by atoms with Gasteiger partial charge in [-0.1, -0.05) is 18.2 Å². The van der Waals surface area contributed by atoms with Gasteiger partial charge in [0.15, 0.2) is 0 Å². The predicted molar refractivity (Wildman–Crippen MR) is 87.9 cm³/mol. The lowest BCUT2D eigenvalue weighted by molar-refractivity contribution is -0.138. The minimum absolute atomic E-state index is 0.0786. The van der Waals surface area contributed by atoms with Gasteiger partial charge in [-0.2, -0.15) is 0 Å². The summed E-state index contributed by atoms with van der Waals surface area (Å²) in [5.41, 5.74) is 0.421. The van der Waals surface area contributed by atoms with E-state index in [4.69, 9.17) is 4.74 Å². The number of halogens is 1. The first-order chi connectivity index (χ1) is 11.6. The number of morpholine rings is 1. The highest BCUT2D eigenvalue weighted by Gasteiger charge is 2.37. The Morgan fingerprint density at radius 3 is 2.62 bits per heavy atom. The second-order valence-corrected chi connectivity index (χ2v) is 6.65. The Morgan fingerprint density at radius 1 is 1.29 bits per heavy atom. The fourth-order valence-electron chi connectivity index (χ4n) is 3.57. The van der Waals surface area contributed by atoms with Crippen LogP contribution in [-0.2, 0) is 9.53 Å². The van der Waals surface area contributed by atoms with Gasteiger partial charge in [-0.3, -0.25) is 9.69 Å². The first-order valence-electron chi connectivity index (χ1n) is 8.61. The summed E-state index contributed by atoms with van der Waals surface area (Å²) >= 11 is 0. The predicted octanol–water partition coefficient (Wildman–Crippen LogP) is 1.43. The molecule has 2 saturated heterocycles. The van der Waals surface area contributed by atoms with Gasteiger partial charge in [-0.25, -0.2) is 4.39 Å². The quantitative estimate of drug-likeness (QED) is 0.904. The summed E-state index contributed by atoms with van der Waals surface area (Å²) in [6, 6.07) is 5.87. The molecule has 3 unspecified atom stereocenters. The van der Waals surface area contributed by atoms with E-state index in [0.29, 0.717) is 45.0 Å². The molecule has 132 valence electrons. The largest absolute Gasteiger partial charge is 0.393 e. The topological polar surface area (TPSA) is 53.0 Å². The number of carbonyl (C=O) groups is 1. The zero-order chi connectivity index (χ0) is 17.1. The number of hydrogen-bond donors (Lipinski definition) is 1. The van der Waals surface area contributed by atoms with Crippen molar-refractivity contribution in [1.82, 2.24) is 9.80 Å². The molecule has 0 aromatic heterocycles. The van der Waals surface area contributed by atoms with Gasteiger partial charge in [0.2, 0.25) is 5.91 Å². The van der Waals surface area contributed by atoms with Crippen LogP contribution in [0.4, 0.5) is 4.39 Å². The maximum atomic E-state index is 14.4. The Bertz CT molecular complexity index is 575. The molecule has 1 N–H and O–H groups in total. The fraction of sp³-hybridized carbons (Fsp3) is 0.611. The van der Waals surface area contributed by atoms with Gasteiger partial charge >= 0.3 is 0 Å². The van der Waals surface area contributed by atoms with Crippen molar-refractivity contribution in [3.05, 3.63) is 35.6 Å². The molecule has 3 atom stereocenters. The maximum absolute atomic E-state index is 14.4. The molecule has 0 radical (unpaired) electrons. The van der Waals surface area contributed by atoms with Crippen LogP contribution in [-0.4, -0.2) is 66.3 Å². The first kappa shape index (κ1) is 17.3. The molecule has 6 heteroatoms. The number of likely N-dealkylation sites (tertiary alicyclic amines) is 1. The molecule has 1 amide bonds. The van der Waals surface area contributed by atoms with E-state index in [9.17, 15) is 14.3 Å². The van der Waals surface area contributed by atoms with Crippen LogP contribution in [0.15, 0.2) is 24.3 Å². The lowest BCUT2D eigenvalue weighted by atomic mass is 10.0. The highest BCUT2D eigenvalue weighted by atomic mass is 19.1. The van der Waals surface area contributed by atoms with Gasteiger partial charge in [0.25, 0.3) is 0 Å². The summed E-state index contributed by atoms with van der Waals surface area (Å²) in [6.07, 6.45) is 0.356. The summed E-state index contributed by atoms with van der Waals surface area (Å²) in [4.78, 5) is 16.9. The Kier molecular flexibility index (Phi) is 5.48. The second kappa shape index (κ2) is 7.59. The number of carbonyl (C=O) groups excluding carboxylic acids is 1. The lowest BCUT2D eigenvalue weighted by Crippen LogP contribution is -2.47. The molecule has 1 aromatic carbocycles. The van der Waals surface area contributed by atoms with Gasteiger partial charge in [0.1, 0.15) is 11.9 Å². The van der Waals surface area contributed by atoms with E-state index in [1.807, 2.05) is 4.90 Å². The van der Waals surface area contributed by atoms with Crippen molar-refractivity contribution in [3.8, 4) is 0 Å². The van der Waals surface area contributed by atoms with E-state index < -0.39 is 12.1 Å². The van der Waals surface area contributed by atoms with Gasteiger partial charge < -0.3 is 14.7 Å². The molecule has 0 spiro atoms. The van der Waals surface area contributed by atoms with Crippen molar-refractivity contribution in [2.45, 2.75) is 25.5 Å². The minimum atomic E-state index is -0.622. The van der Waals surface area contributed by atoms with Crippen molar-refractivity contribution in [1.29, 1.82) is 0 Å². The van der Waals surface area contributed by atoms with Crippen molar-refractivity contribution in [2.75, 3.05) is 39.4 Å². The molecule has 0 aliphatic carbocycles. The highest BCUT2D eigenvalue weighted by molar-refractivity contribution is 5.83. The number of nitrogens with zero attached hydrogens (tertiary/aromatic N) is 2. The van der Waals surface area contributed by atoms with E-state index in [-0.39, 0.29) is 17.6 Å². The number of rotatable bonds is 4. The molecular formula is C18H25FN2O3. The molecule has 2 aliphatic rings. The van der Waals surface area contributed by atoms with Crippen LogP contribution in [0.1, 0.15) is 24.9 Å². The van der Waals surface area contributed by atoms with Crippen LogP contribution in [0.5, 0.6) is 0 Å². The summed E-state index contributed by atoms with van der Waals surface area (Å²) < 4.78 is 19.8. The van der Waals surface area contributed by atoms with Crippen molar-refractivity contribution < 1.29 is 19.0 Å².